The molecular formula is C14H30N2O. The zero-order valence-electron chi connectivity index (χ0n) is 12.2. The topological polar surface area (TPSA) is 46.3 Å². The van der Waals surface area contributed by atoms with Gasteiger partial charge in [-0.05, 0) is 18.8 Å². The molecule has 0 bridgehead atoms. The average molecular weight is 242 g/mol. The van der Waals surface area contributed by atoms with E-state index in [9.17, 15) is 4.79 Å². The molecule has 17 heavy (non-hydrogen) atoms. The molecule has 1 amide bonds. The number of carbonyl (C=O) groups excluding carboxylic acids is 1. The first-order chi connectivity index (χ1) is 8.01. The number of nitrogens with two attached hydrogens (primary N) is 1. The van der Waals surface area contributed by atoms with Gasteiger partial charge in [0.25, 0.3) is 0 Å². The molecule has 102 valence electrons. The fourth-order valence-electron chi connectivity index (χ4n) is 1.94. The first-order valence-corrected chi connectivity index (χ1v) is 7.05. The average Bonchev–Trinajstić information content (AvgIpc) is 2.37. The molecule has 0 aliphatic heterocycles. The van der Waals surface area contributed by atoms with Gasteiger partial charge in [-0.25, -0.2) is 0 Å². The smallest absolute Gasteiger partial charge is 0.239 e. The second kappa shape index (κ2) is 8.51. The Balaban J connectivity index is 4.49. The van der Waals surface area contributed by atoms with Gasteiger partial charge >= 0.3 is 0 Å². The van der Waals surface area contributed by atoms with E-state index in [1.165, 1.54) is 0 Å². The maximum atomic E-state index is 12.2. The quantitative estimate of drug-likeness (QED) is 0.711. The van der Waals surface area contributed by atoms with Crippen LogP contribution >= 0.6 is 0 Å². The van der Waals surface area contributed by atoms with Gasteiger partial charge in [-0.1, -0.05) is 47.0 Å². The highest BCUT2D eigenvalue weighted by atomic mass is 16.2. The van der Waals surface area contributed by atoms with Gasteiger partial charge < -0.3 is 10.6 Å². The molecule has 2 N–H and O–H groups in total. The largest absolute Gasteiger partial charge is 0.341 e. The molecule has 3 nitrogen and oxygen atoms in total. The molecule has 0 aliphatic rings. The summed E-state index contributed by atoms with van der Waals surface area (Å²) in [5.74, 6) is 0.982. The predicted molar refractivity (Wildman–Crippen MR) is 73.8 cm³/mol. The molecule has 0 fully saturated rings. The van der Waals surface area contributed by atoms with E-state index in [1.807, 2.05) is 18.7 Å². The third-order valence-electron chi connectivity index (χ3n) is 3.87. The van der Waals surface area contributed by atoms with Gasteiger partial charge in [0.15, 0.2) is 0 Å². The molecule has 0 saturated carbocycles. The number of hydrogen-bond acceptors (Lipinski definition) is 2. The van der Waals surface area contributed by atoms with Crippen LogP contribution in [0.4, 0.5) is 0 Å². The van der Waals surface area contributed by atoms with E-state index in [0.29, 0.717) is 5.92 Å². The molecule has 0 aromatic rings. The Hall–Kier alpha value is -0.570. The first-order valence-electron chi connectivity index (χ1n) is 7.05. The van der Waals surface area contributed by atoms with E-state index in [4.69, 9.17) is 5.73 Å². The van der Waals surface area contributed by atoms with Crippen molar-refractivity contribution < 1.29 is 4.79 Å². The second-order valence-electron chi connectivity index (χ2n) is 4.97. The number of carbonyl (C=O) groups is 1. The Labute approximate surface area is 107 Å². The van der Waals surface area contributed by atoms with Crippen molar-refractivity contribution in [3.05, 3.63) is 0 Å². The van der Waals surface area contributed by atoms with E-state index in [2.05, 4.69) is 20.8 Å². The van der Waals surface area contributed by atoms with Crippen LogP contribution in [-0.4, -0.2) is 29.9 Å². The minimum atomic E-state index is -0.339. The van der Waals surface area contributed by atoms with E-state index in [-0.39, 0.29) is 17.9 Å². The Morgan fingerprint density at radius 3 is 2.00 bits per heavy atom. The lowest BCUT2D eigenvalue weighted by Crippen LogP contribution is -2.48. The summed E-state index contributed by atoms with van der Waals surface area (Å²) in [7, 11) is 0. The van der Waals surface area contributed by atoms with Crippen molar-refractivity contribution in [2.45, 2.75) is 59.9 Å². The van der Waals surface area contributed by atoms with Crippen LogP contribution in [0.25, 0.3) is 0 Å². The van der Waals surface area contributed by atoms with Crippen molar-refractivity contribution in [3.63, 3.8) is 0 Å². The summed E-state index contributed by atoms with van der Waals surface area (Å²) < 4.78 is 0. The second-order valence-corrected chi connectivity index (χ2v) is 4.97. The molecule has 0 aliphatic carbocycles. The number of likely N-dealkylation sites (N-methyl/N-ethyl adjacent to an activating group) is 1. The van der Waals surface area contributed by atoms with Crippen molar-refractivity contribution in [2.24, 2.45) is 17.6 Å². The van der Waals surface area contributed by atoms with Crippen LogP contribution in [0.5, 0.6) is 0 Å². The Morgan fingerprint density at radius 1 is 1.12 bits per heavy atom. The minimum absolute atomic E-state index is 0.119. The fraction of sp³-hybridized carbons (Fsp3) is 0.929. The van der Waals surface area contributed by atoms with E-state index in [1.54, 1.807) is 0 Å². The molecule has 0 spiro atoms. The van der Waals surface area contributed by atoms with Crippen molar-refractivity contribution in [1.29, 1.82) is 0 Å². The monoisotopic (exact) mass is 242 g/mol. The molecule has 0 radical (unpaired) electrons. The maximum absolute atomic E-state index is 12.2. The van der Waals surface area contributed by atoms with Crippen LogP contribution in [0.15, 0.2) is 0 Å². The molecule has 0 aromatic carbocycles. The van der Waals surface area contributed by atoms with Gasteiger partial charge in [-0.15, -0.1) is 0 Å². The summed E-state index contributed by atoms with van der Waals surface area (Å²) in [6.45, 7) is 12.1. The van der Waals surface area contributed by atoms with Gasteiger partial charge in [-0.2, -0.15) is 0 Å². The lowest BCUT2D eigenvalue weighted by atomic mass is 9.97. The zero-order valence-corrected chi connectivity index (χ0v) is 12.2. The van der Waals surface area contributed by atoms with Crippen LogP contribution in [0, 0.1) is 11.8 Å². The highest BCUT2D eigenvalue weighted by molar-refractivity contribution is 5.81. The van der Waals surface area contributed by atoms with E-state index >= 15 is 0 Å². The maximum Gasteiger partial charge on any atom is 0.239 e. The van der Waals surface area contributed by atoms with Crippen LogP contribution in [0.1, 0.15) is 53.9 Å². The SMILES string of the molecule is CCC(CC)CN(CC)C(=O)C(N)C(C)CC. The minimum Gasteiger partial charge on any atom is -0.341 e. The third-order valence-corrected chi connectivity index (χ3v) is 3.87. The summed E-state index contributed by atoms with van der Waals surface area (Å²) in [6.07, 6.45) is 3.20. The summed E-state index contributed by atoms with van der Waals surface area (Å²) in [5, 5.41) is 0. The molecule has 0 aromatic heterocycles. The van der Waals surface area contributed by atoms with Gasteiger partial charge in [0, 0.05) is 13.1 Å². The standard InChI is InChI=1S/C14H30N2O/c1-6-11(5)13(15)14(17)16(9-4)10-12(7-2)8-3/h11-13H,6-10,15H2,1-5H3. The summed E-state index contributed by atoms with van der Waals surface area (Å²) in [6, 6.07) is -0.339. The molecule has 0 saturated heterocycles. The Kier molecular flexibility index (Phi) is 8.23. The van der Waals surface area contributed by atoms with E-state index < -0.39 is 0 Å². The van der Waals surface area contributed by atoms with Gasteiger partial charge in [0.2, 0.25) is 5.91 Å². The number of rotatable bonds is 8. The fourth-order valence-corrected chi connectivity index (χ4v) is 1.94. The number of hydrogen-bond donors (Lipinski definition) is 1. The Bertz CT molecular complexity index is 214. The highest BCUT2D eigenvalue weighted by Gasteiger charge is 2.25. The molecule has 0 rings (SSSR count). The van der Waals surface area contributed by atoms with Crippen LogP contribution in [0.3, 0.4) is 0 Å². The zero-order chi connectivity index (χ0) is 13.4. The highest BCUT2D eigenvalue weighted by Crippen LogP contribution is 2.13. The van der Waals surface area contributed by atoms with Gasteiger partial charge in [-0.3, -0.25) is 4.79 Å². The molecular weight excluding hydrogens is 212 g/mol. The summed E-state index contributed by atoms with van der Waals surface area (Å²) >= 11 is 0. The van der Waals surface area contributed by atoms with Gasteiger partial charge in [0.05, 0.1) is 6.04 Å². The lowest BCUT2D eigenvalue weighted by molar-refractivity contribution is -0.134. The summed E-state index contributed by atoms with van der Waals surface area (Å²) in [4.78, 5) is 14.2. The van der Waals surface area contributed by atoms with Crippen molar-refractivity contribution in [1.82, 2.24) is 4.90 Å². The van der Waals surface area contributed by atoms with Crippen LogP contribution < -0.4 is 5.73 Å². The Morgan fingerprint density at radius 2 is 1.65 bits per heavy atom. The lowest BCUT2D eigenvalue weighted by Gasteiger charge is -2.29. The van der Waals surface area contributed by atoms with Crippen LogP contribution in [-0.2, 0) is 4.79 Å². The van der Waals surface area contributed by atoms with Gasteiger partial charge in [0.1, 0.15) is 0 Å². The first kappa shape index (κ1) is 16.4. The van der Waals surface area contributed by atoms with Crippen molar-refractivity contribution >= 4 is 5.91 Å². The predicted octanol–water partition coefficient (Wildman–Crippen LogP) is 2.64. The third kappa shape index (κ3) is 5.07. The normalized spacial score (nSPS) is 14.8. The van der Waals surface area contributed by atoms with Crippen molar-refractivity contribution in [3.8, 4) is 0 Å². The number of amides is 1. The van der Waals surface area contributed by atoms with E-state index in [0.717, 1.165) is 32.4 Å². The molecule has 3 heteroatoms. The van der Waals surface area contributed by atoms with Crippen molar-refractivity contribution in [2.75, 3.05) is 13.1 Å². The molecule has 2 atom stereocenters. The van der Waals surface area contributed by atoms with Crippen LogP contribution in [0.2, 0.25) is 0 Å². The molecule has 0 heterocycles. The summed E-state index contributed by atoms with van der Waals surface area (Å²) in [5.41, 5.74) is 6.02. The molecule has 2 unspecified atom stereocenters. The number of nitrogens with zero attached hydrogens (tertiary/aromatic N) is 1.